The molecule has 0 heterocycles. The van der Waals surface area contributed by atoms with Crippen LogP contribution in [0.25, 0.3) is 0 Å². The van der Waals surface area contributed by atoms with Crippen molar-refractivity contribution < 1.29 is 27.9 Å². The van der Waals surface area contributed by atoms with Crippen molar-refractivity contribution >= 4 is 21.7 Å². The molecule has 0 bridgehead atoms. The van der Waals surface area contributed by atoms with Crippen LogP contribution in [0.5, 0.6) is 5.75 Å². The van der Waals surface area contributed by atoms with Gasteiger partial charge in [0.25, 0.3) is 5.91 Å². The molecule has 0 fully saturated rings. The highest BCUT2D eigenvalue weighted by atomic mass is 32.2. The van der Waals surface area contributed by atoms with Gasteiger partial charge in [0.05, 0.1) is 17.6 Å². The molecule has 8 heteroatoms. The van der Waals surface area contributed by atoms with Crippen molar-refractivity contribution in [3.8, 4) is 5.75 Å². The number of carboxylic acids is 1. The van der Waals surface area contributed by atoms with Gasteiger partial charge in [-0.15, -0.1) is 0 Å². The molecule has 0 radical (unpaired) electrons. The lowest BCUT2D eigenvalue weighted by Crippen LogP contribution is -2.44. The number of carbonyl (C=O) groups excluding carboxylic acids is 1. The molecule has 2 rings (SSSR count). The summed E-state index contributed by atoms with van der Waals surface area (Å²) in [5.41, 5.74) is 0.753. The maximum Gasteiger partial charge on any atom is 0.326 e. The van der Waals surface area contributed by atoms with E-state index >= 15 is 0 Å². The first-order chi connectivity index (χ1) is 12.6. The minimum Gasteiger partial charge on any atom is -0.496 e. The normalized spacial score (nSPS) is 12.3. The second-order valence-electron chi connectivity index (χ2n) is 6.09. The Hall–Kier alpha value is -2.87. The average molecular weight is 391 g/mol. The molecule has 1 N–H and O–H groups in total. The molecule has 1 atom stereocenters. The summed E-state index contributed by atoms with van der Waals surface area (Å²) in [7, 11) is -0.814. The molecule has 0 aromatic heterocycles. The summed E-state index contributed by atoms with van der Waals surface area (Å²) in [6.45, 7) is 0. The Bertz CT molecular complexity index is 940. The molecule has 0 saturated carbocycles. The molecule has 0 saturated heterocycles. The zero-order valence-corrected chi connectivity index (χ0v) is 16.1. The number of carbonyl (C=O) groups is 2. The number of hydrogen-bond donors (Lipinski definition) is 1. The van der Waals surface area contributed by atoms with Crippen LogP contribution < -0.4 is 4.74 Å². The van der Waals surface area contributed by atoms with E-state index < -0.39 is 27.8 Å². The topological polar surface area (TPSA) is 101 Å². The number of aliphatic carboxylic acids is 1. The van der Waals surface area contributed by atoms with Gasteiger partial charge < -0.3 is 14.7 Å². The second-order valence-corrected chi connectivity index (χ2v) is 8.11. The summed E-state index contributed by atoms with van der Waals surface area (Å²) in [6.07, 6.45) is 1.15. The lowest BCUT2D eigenvalue weighted by atomic mass is 10.0. The zero-order chi connectivity index (χ0) is 20.2. The number of ether oxygens (including phenoxy) is 1. The third kappa shape index (κ3) is 4.85. The maximum atomic E-state index is 12.9. The summed E-state index contributed by atoms with van der Waals surface area (Å²) >= 11 is 0. The summed E-state index contributed by atoms with van der Waals surface area (Å²) in [6, 6.07) is 11.7. The van der Waals surface area contributed by atoms with Gasteiger partial charge >= 0.3 is 5.97 Å². The Kier molecular flexibility index (Phi) is 6.22. The molecule has 0 aliphatic carbocycles. The highest BCUT2D eigenvalue weighted by Gasteiger charge is 2.29. The van der Waals surface area contributed by atoms with E-state index in [0.29, 0.717) is 0 Å². The number of carboxylic acid groups (broad SMARTS) is 1. The minimum absolute atomic E-state index is 0.0118. The fourth-order valence-electron chi connectivity index (χ4n) is 2.64. The lowest BCUT2D eigenvalue weighted by Gasteiger charge is -2.26. The van der Waals surface area contributed by atoms with Crippen LogP contribution in [-0.4, -0.2) is 56.8 Å². The predicted octanol–water partition coefficient (Wildman–Crippen LogP) is 1.87. The largest absolute Gasteiger partial charge is 0.496 e. The minimum atomic E-state index is -3.54. The first-order valence-electron chi connectivity index (χ1n) is 8.07. The van der Waals surface area contributed by atoms with Gasteiger partial charge in [0.15, 0.2) is 9.84 Å². The molecule has 0 spiro atoms. The van der Waals surface area contributed by atoms with Gasteiger partial charge in [0.2, 0.25) is 0 Å². The van der Waals surface area contributed by atoms with Gasteiger partial charge in [-0.3, -0.25) is 4.79 Å². The summed E-state index contributed by atoms with van der Waals surface area (Å²) in [5.74, 6) is -1.63. The monoisotopic (exact) mass is 391 g/mol. The first-order valence-corrected chi connectivity index (χ1v) is 9.96. The van der Waals surface area contributed by atoms with Crippen molar-refractivity contribution in [2.45, 2.75) is 17.4 Å². The van der Waals surface area contributed by atoms with E-state index in [1.807, 2.05) is 6.07 Å². The fourth-order valence-corrected chi connectivity index (χ4v) is 3.29. The van der Waals surface area contributed by atoms with E-state index in [2.05, 4.69) is 0 Å². The van der Waals surface area contributed by atoms with Crippen molar-refractivity contribution in [3.63, 3.8) is 0 Å². The number of amides is 1. The number of nitrogens with zero attached hydrogens (tertiary/aromatic N) is 1. The van der Waals surface area contributed by atoms with Crippen molar-refractivity contribution in [3.05, 3.63) is 59.7 Å². The molecule has 1 amide bonds. The Balaban J connectivity index is 2.40. The SMILES string of the molecule is COc1ccc(S(C)(=O)=O)cc1C(=O)N(C)C(Cc1ccccc1)C(=O)O. The Morgan fingerprint density at radius 2 is 1.78 bits per heavy atom. The fraction of sp³-hybridized carbons (Fsp3) is 0.263. The van der Waals surface area contributed by atoms with Crippen LogP contribution in [0.15, 0.2) is 53.4 Å². The lowest BCUT2D eigenvalue weighted by molar-refractivity contribution is -0.141. The summed E-state index contributed by atoms with van der Waals surface area (Å²) < 4.78 is 28.8. The molecule has 27 heavy (non-hydrogen) atoms. The van der Waals surface area contributed by atoms with Crippen LogP contribution >= 0.6 is 0 Å². The van der Waals surface area contributed by atoms with Gasteiger partial charge in [-0.25, -0.2) is 13.2 Å². The predicted molar refractivity (Wildman–Crippen MR) is 99.8 cm³/mol. The van der Waals surface area contributed by atoms with Crippen LogP contribution in [0.2, 0.25) is 0 Å². The Morgan fingerprint density at radius 3 is 2.30 bits per heavy atom. The van der Waals surface area contributed by atoms with Crippen LogP contribution in [0, 0.1) is 0 Å². The average Bonchev–Trinajstić information content (AvgIpc) is 2.64. The van der Waals surface area contributed by atoms with Gasteiger partial charge in [-0.1, -0.05) is 30.3 Å². The number of methoxy groups -OCH3 is 1. The molecular formula is C19H21NO6S. The van der Waals surface area contributed by atoms with E-state index in [4.69, 9.17) is 4.74 Å². The van der Waals surface area contributed by atoms with E-state index in [0.717, 1.165) is 16.7 Å². The van der Waals surface area contributed by atoms with Crippen LogP contribution in [0.3, 0.4) is 0 Å². The Labute approximate surface area is 158 Å². The van der Waals surface area contributed by atoms with Crippen molar-refractivity contribution in [1.82, 2.24) is 4.90 Å². The second kappa shape index (κ2) is 8.22. The van der Waals surface area contributed by atoms with Gasteiger partial charge in [0.1, 0.15) is 11.8 Å². The smallest absolute Gasteiger partial charge is 0.326 e. The van der Waals surface area contributed by atoms with E-state index in [1.165, 1.54) is 32.4 Å². The van der Waals surface area contributed by atoms with Gasteiger partial charge in [-0.05, 0) is 23.8 Å². The highest BCUT2D eigenvalue weighted by molar-refractivity contribution is 7.90. The van der Waals surface area contributed by atoms with Crippen LogP contribution in [-0.2, 0) is 21.1 Å². The standard InChI is InChI=1S/C19H21NO6S/c1-20(16(19(22)23)11-13-7-5-4-6-8-13)18(21)15-12-14(27(3,24)25)9-10-17(15)26-2/h4-10,12,16H,11H2,1-3H3,(H,22,23). The summed E-state index contributed by atoms with van der Waals surface area (Å²) in [4.78, 5) is 25.7. The molecule has 0 aliphatic rings. The molecule has 7 nitrogen and oxygen atoms in total. The molecule has 2 aromatic carbocycles. The Morgan fingerprint density at radius 1 is 1.15 bits per heavy atom. The number of sulfone groups is 1. The van der Waals surface area contributed by atoms with Crippen LogP contribution in [0.4, 0.5) is 0 Å². The summed E-state index contributed by atoms with van der Waals surface area (Å²) in [5, 5.41) is 9.59. The molecule has 144 valence electrons. The molecule has 0 aliphatic heterocycles. The van der Waals surface area contributed by atoms with Crippen molar-refractivity contribution in [1.29, 1.82) is 0 Å². The van der Waals surface area contributed by atoms with Crippen molar-refractivity contribution in [2.24, 2.45) is 0 Å². The number of hydrogen-bond acceptors (Lipinski definition) is 5. The van der Waals surface area contributed by atoms with Crippen LogP contribution in [0.1, 0.15) is 15.9 Å². The first kappa shape index (κ1) is 20.4. The number of rotatable bonds is 7. The zero-order valence-electron chi connectivity index (χ0n) is 15.2. The van der Waals surface area contributed by atoms with E-state index in [1.54, 1.807) is 24.3 Å². The number of likely N-dealkylation sites (N-methyl/N-ethyl adjacent to an activating group) is 1. The van der Waals surface area contributed by atoms with E-state index in [9.17, 15) is 23.1 Å². The third-order valence-corrected chi connectivity index (χ3v) is 5.28. The number of benzene rings is 2. The van der Waals surface area contributed by atoms with Gasteiger partial charge in [-0.2, -0.15) is 0 Å². The van der Waals surface area contributed by atoms with E-state index in [-0.39, 0.29) is 22.6 Å². The highest BCUT2D eigenvalue weighted by Crippen LogP contribution is 2.25. The van der Waals surface area contributed by atoms with Gasteiger partial charge in [0, 0.05) is 19.7 Å². The quantitative estimate of drug-likeness (QED) is 0.773. The van der Waals surface area contributed by atoms with Crippen molar-refractivity contribution in [2.75, 3.05) is 20.4 Å². The molecule has 2 aromatic rings. The molecule has 1 unspecified atom stereocenters. The molecular weight excluding hydrogens is 370 g/mol. The maximum absolute atomic E-state index is 12.9. The third-order valence-electron chi connectivity index (χ3n) is 4.17.